The number of hydrogen-bond donors (Lipinski definition) is 2. The molecule has 0 fully saturated rings. The molecule has 1 aliphatic carbocycles. The summed E-state index contributed by atoms with van der Waals surface area (Å²) in [6, 6.07) is 15.3. The average molecular weight is 494 g/mol. The molecule has 0 bridgehead atoms. The molecule has 2 N–H and O–H groups in total. The van der Waals surface area contributed by atoms with Gasteiger partial charge in [-0.2, -0.15) is 0 Å². The van der Waals surface area contributed by atoms with Gasteiger partial charge in [0.15, 0.2) is 0 Å². The molecule has 1 heterocycles. The van der Waals surface area contributed by atoms with Crippen molar-refractivity contribution in [1.82, 2.24) is 10.3 Å². The number of aryl methyl sites for hydroxylation is 2. The van der Waals surface area contributed by atoms with E-state index in [1.54, 1.807) is 54.7 Å². The van der Waals surface area contributed by atoms with Crippen molar-refractivity contribution < 1.29 is 17.9 Å². The Kier molecular flexibility index (Phi) is 8.02. The van der Waals surface area contributed by atoms with Gasteiger partial charge in [0.25, 0.3) is 15.9 Å². The first-order valence-electron chi connectivity index (χ1n) is 12.1. The Bertz CT molecular complexity index is 1270. The number of fused-ring (bicyclic) bond motifs is 1. The van der Waals surface area contributed by atoms with Crippen LogP contribution in [0.4, 0.5) is 5.69 Å². The summed E-state index contributed by atoms with van der Waals surface area (Å²) < 4.78 is 34.3. The maximum atomic E-state index is 12.9. The molecule has 1 aliphatic rings. The van der Waals surface area contributed by atoms with Crippen LogP contribution in [-0.2, 0) is 22.9 Å². The Morgan fingerprint density at radius 1 is 1.00 bits per heavy atom. The summed E-state index contributed by atoms with van der Waals surface area (Å²) in [5, 5.41) is 2.89. The second-order valence-electron chi connectivity index (χ2n) is 8.69. The Labute approximate surface area is 207 Å². The van der Waals surface area contributed by atoms with E-state index in [9.17, 15) is 13.2 Å². The normalized spacial score (nSPS) is 13.1. The lowest BCUT2D eigenvalue weighted by Gasteiger charge is -2.17. The molecule has 7 nitrogen and oxygen atoms in total. The van der Waals surface area contributed by atoms with Crippen LogP contribution in [0.25, 0.3) is 0 Å². The van der Waals surface area contributed by atoms with Crippen molar-refractivity contribution in [3.63, 3.8) is 0 Å². The molecule has 35 heavy (non-hydrogen) atoms. The Balaban J connectivity index is 1.42. The van der Waals surface area contributed by atoms with Crippen LogP contribution < -0.4 is 14.8 Å². The van der Waals surface area contributed by atoms with Gasteiger partial charge in [-0.15, -0.1) is 0 Å². The van der Waals surface area contributed by atoms with E-state index in [2.05, 4.69) is 21.9 Å². The van der Waals surface area contributed by atoms with Gasteiger partial charge in [-0.1, -0.05) is 25.8 Å². The quantitative estimate of drug-likeness (QED) is 0.365. The van der Waals surface area contributed by atoms with E-state index in [-0.39, 0.29) is 16.7 Å². The molecule has 0 unspecified atom stereocenters. The summed E-state index contributed by atoms with van der Waals surface area (Å²) in [5.74, 6) is 0.405. The fourth-order valence-corrected chi connectivity index (χ4v) is 5.22. The predicted molar refractivity (Wildman–Crippen MR) is 137 cm³/mol. The van der Waals surface area contributed by atoms with Crippen molar-refractivity contribution in [2.24, 2.45) is 0 Å². The number of nitrogens with zero attached hydrogens (tertiary/aromatic N) is 1. The van der Waals surface area contributed by atoms with Crippen molar-refractivity contribution in [1.29, 1.82) is 0 Å². The molecular weight excluding hydrogens is 462 g/mol. The number of anilines is 1. The molecule has 0 radical (unpaired) electrons. The molecule has 0 saturated heterocycles. The van der Waals surface area contributed by atoms with E-state index < -0.39 is 10.0 Å². The lowest BCUT2D eigenvalue weighted by atomic mass is 9.92. The van der Waals surface area contributed by atoms with Crippen LogP contribution in [0, 0.1) is 0 Å². The van der Waals surface area contributed by atoms with Crippen molar-refractivity contribution >= 4 is 21.6 Å². The summed E-state index contributed by atoms with van der Waals surface area (Å²) in [4.78, 5) is 17.0. The minimum Gasteiger partial charge on any atom is -0.438 e. The lowest BCUT2D eigenvalue weighted by molar-refractivity contribution is 0.0950. The number of hydrogen-bond acceptors (Lipinski definition) is 5. The van der Waals surface area contributed by atoms with Crippen molar-refractivity contribution in [3.8, 4) is 11.6 Å². The number of aromatic nitrogens is 1. The SMILES string of the molecule is CCCCCNC(=O)c1cccnc1Oc1ccc(NS(=O)(=O)c2ccc3c(c2)CCCC3)cc1. The molecule has 1 aromatic heterocycles. The molecule has 4 rings (SSSR count). The highest BCUT2D eigenvalue weighted by atomic mass is 32.2. The highest BCUT2D eigenvalue weighted by Crippen LogP contribution is 2.27. The molecule has 0 saturated carbocycles. The molecular formula is C27H31N3O4S. The third kappa shape index (κ3) is 6.39. The zero-order valence-electron chi connectivity index (χ0n) is 19.9. The van der Waals surface area contributed by atoms with E-state index in [0.717, 1.165) is 50.5 Å². The first-order valence-corrected chi connectivity index (χ1v) is 13.6. The Hall–Kier alpha value is -3.39. The minimum absolute atomic E-state index is 0.197. The minimum atomic E-state index is -3.71. The van der Waals surface area contributed by atoms with E-state index in [4.69, 9.17) is 4.74 Å². The molecule has 1 amide bonds. The molecule has 184 valence electrons. The van der Waals surface area contributed by atoms with E-state index in [0.29, 0.717) is 23.5 Å². The van der Waals surface area contributed by atoms with E-state index in [1.165, 1.54) is 5.56 Å². The van der Waals surface area contributed by atoms with Gasteiger partial charge in [-0.05, 0) is 91.8 Å². The Morgan fingerprint density at radius 3 is 2.54 bits per heavy atom. The van der Waals surface area contributed by atoms with E-state index in [1.807, 2.05) is 6.07 Å². The topological polar surface area (TPSA) is 97.4 Å². The highest BCUT2D eigenvalue weighted by Gasteiger charge is 2.18. The standard InChI is InChI=1S/C27H31N3O4S/c1-2-3-6-17-28-26(31)25-10-7-18-29-27(25)34-23-14-12-22(13-15-23)30-35(32,33)24-16-11-20-8-4-5-9-21(20)19-24/h7,10-16,18-19,30H,2-6,8-9,17H2,1H3,(H,28,31). The number of carbonyl (C=O) groups is 1. The molecule has 2 aromatic carbocycles. The number of nitrogens with one attached hydrogen (secondary N) is 2. The number of rotatable bonds is 10. The van der Waals surface area contributed by atoms with Crippen LogP contribution in [-0.4, -0.2) is 25.9 Å². The average Bonchev–Trinajstić information content (AvgIpc) is 2.87. The van der Waals surface area contributed by atoms with Gasteiger partial charge in [0.1, 0.15) is 11.3 Å². The number of amides is 1. The molecule has 0 atom stereocenters. The first-order chi connectivity index (χ1) is 17.0. The Morgan fingerprint density at radius 2 is 1.77 bits per heavy atom. The van der Waals surface area contributed by atoms with Gasteiger partial charge in [0, 0.05) is 18.4 Å². The summed E-state index contributed by atoms with van der Waals surface area (Å²) in [7, 11) is -3.71. The van der Waals surface area contributed by atoms with Gasteiger partial charge in [0.2, 0.25) is 5.88 Å². The predicted octanol–water partition coefficient (Wildman–Crippen LogP) is 5.47. The first kappa shape index (κ1) is 24.7. The smallest absolute Gasteiger partial charge is 0.261 e. The lowest BCUT2D eigenvalue weighted by Crippen LogP contribution is -2.25. The van der Waals surface area contributed by atoms with Crippen LogP contribution in [0.15, 0.2) is 65.7 Å². The van der Waals surface area contributed by atoms with Crippen molar-refractivity contribution in [3.05, 3.63) is 77.5 Å². The largest absolute Gasteiger partial charge is 0.438 e. The van der Waals surface area contributed by atoms with Crippen molar-refractivity contribution in [2.45, 2.75) is 56.8 Å². The maximum Gasteiger partial charge on any atom is 0.261 e. The number of carbonyl (C=O) groups excluding carboxylic acids is 1. The van der Waals surface area contributed by atoms with Crippen LogP contribution in [0.1, 0.15) is 60.5 Å². The maximum absolute atomic E-state index is 12.9. The molecule has 8 heteroatoms. The third-order valence-corrected chi connectivity index (χ3v) is 7.41. The van der Waals surface area contributed by atoms with Crippen LogP contribution >= 0.6 is 0 Å². The van der Waals surface area contributed by atoms with Gasteiger partial charge >= 0.3 is 0 Å². The summed E-state index contributed by atoms with van der Waals surface area (Å²) in [6.45, 7) is 2.71. The number of pyridine rings is 1. The zero-order chi connectivity index (χ0) is 24.7. The van der Waals surface area contributed by atoms with Crippen LogP contribution in [0.3, 0.4) is 0 Å². The fourth-order valence-electron chi connectivity index (χ4n) is 4.11. The van der Waals surface area contributed by atoms with Gasteiger partial charge in [-0.3, -0.25) is 9.52 Å². The molecule has 0 aliphatic heterocycles. The van der Waals surface area contributed by atoms with Gasteiger partial charge < -0.3 is 10.1 Å². The summed E-state index contributed by atoms with van der Waals surface area (Å²) in [5.41, 5.74) is 3.12. The monoisotopic (exact) mass is 493 g/mol. The zero-order valence-corrected chi connectivity index (χ0v) is 20.7. The van der Waals surface area contributed by atoms with Gasteiger partial charge in [0.05, 0.1) is 4.90 Å². The number of sulfonamides is 1. The third-order valence-electron chi connectivity index (χ3n) is 6.03. The summed E-state index contributed by atoms with van der Waals surface area (Å²) >= 11 is 0. The highest BCUT2D eigenvalue weighted by molar-refractivity contribution is 7.92. The van der Waals surface area contributed by atoms with Crippen molar-refractivity contribution in [2.75, 3.05) is 11.3 Å². The number of benzene rings is 2. The van der Waals surface area contributed by atoms with Gasteiger partial charge in [-0.25, -0.2) is 13.4 Å². The second-order valence-corrected chi connectivity index (χ2v) is 10.4. The number of ether oxygens (including phenoxy) is 1. The molecule has 3 aromatic rings. The van der Waals surface area contributed by atoms with Crippen LogP contribution in [0.5, 0.6) is 11.6 Å². The summed E-state index contributed by atoms with van der Waals surface area (Å²) in [6.07, 6.45) is 8.76. The second kappa shape index (κ2) is 11.4. The fraction of sp³-hybridized carbons (Fsp3) is 0.333. The van der Waals surface area contributed by atoms with E-state index >= 15 is 0 Å². The number of unbranched alkanes of at least 4 members (excludes halogenated alkanes) is 2. The molecule has 0 spiro atoms. The van der Waals surface area contributed by atoms with Crippen LogP contribution in [0.2, 0.25) is 0 Å².